The second-order valence-corrected chi connectivity index (χ2v) is 10.5. The van der Waals surface area contributed by atoms with Gasteiger partial charge in [0, 0.05) is 22.7 Å². The van der Waals surface area contributed by atoms with Gasteiger partial charge in [0.15, 0.2) is 0 Å². The molecule has 1 heterocycles. The normalized spacial score (nSPS) is 19.6. The molecule has 1 amide bonds. The molecular weight excluding hydrogens is 512 g/mol. The van der Waals surface area contributed by atoms with Crippen LogP contribution in [0.25, 0.3) is 22.3 Å². The van der Waals surface area contributed by atoms with Crippen LogP contribution in [0.15, 0.2) is 84.0 Å². The van der Waals surface area contributed by atoms with Crippen molar-refractivity contribution in [2.75, 3.05) is 5.32 Å². The summed E-state index contributed by atoms with van der Waals surface area (Å²) >= 11 is 6.70. The molecule has 39 heavy (non-hydrogen) atoms. The van der Waals surface area contributed by atoms with E-state index in [1.165, 1.54) is 0 Å². The smallest absolute Gasteiger partial charge is 0.335 e. The maximum Gasteiger partial charge on any atom is 0.335 e. The van der Waals surface area contributed by atoms with E-state index in [2.05, 4.69) is 10.4 Å². The zero-order chi connectivity index (χ0) is 27.5. The summed E-state index contributed by atoms with van der Waals surface area (Å²) in [6.07, 6.45) is 0.614. The van der Waals surface area contributed by atoms with Gasteiger partial charge in [-0.1, -0.05) is 72.3 Å². The second kappa shape index (κ2) is 8.99. The van der Waals surface area contributed by atoms with Crippen molar-refractivity contribution in [1.29, 1.82) is 0 Å². The van der Waals surface area contributed by atoms with Crippen LogP contribution >= 0.6 is 11.6 Å². The third-order valence-corrected chi connectivity index (χ3v) is 8.26. The van der Waals surface area contributed by atoms with E-state index < -0.39 is 11.4 Å². The maximum atomic E-state index is 13.2. The van der Waals surface area contributed by atoms with Gasteiger partial charge in [0.2, 0.25) is 5.91 Å². The van der Waals surface area contributed by atoms with Gasteiger partial charge in [0.25, 0.3) is 0 Å². The minimum Gasteiger partial charge on any atom is -0.478 e. The fraction of sp³-hybridized carbons (Fsp3) is 0.129. The first-order valence-corrected chi connectivity index (χ1v) is 12.8. The van der Waals surface area contributed by atoms with Gasteiger partial charge in [-0.3, -0.25) is 4.79 Å². The predicted octanol–water partition coefficient (Wildman–Crippen LogP) is 5.64. The highest BCUT2D eigenvalue weighted by molar-refractivity contribution is 6.34. The minimum absolute atomic E-state index is 0.0766. The molecule has 1 spiro atoms. The number of carbonyl (C=O) groups is 2. The number of benzene rings is 4. The second-order valence-electron chi connectivity index (χ2n) is 10.1. The van der Waals surface area contributed by atoms with Gasteiger partial charge < -0.3 is 22.0 Å². The number of hydrogen-bond donors (Lipinski definition) is 4. The van der Waals surface area contributed by atoms with Gasteiger partial charge in [-0.2, -0.15) is 5.10 Å². The molecule has 1 aliphatic carbocycles. The molecule has 0 radical (unpaired) electrons. The van der Waals surface area contributed by atoms with Crippen LogP contribution in [0.1, 0.15) is 45.0 Å². The number of anilines is 1. The van der Waals surface area contributed by atoms with Crippen LogP contribution in [0, 0.1) is 6.92 Å². The molecule has 6 rings (SSSR count). The van der Waals surface area contributed by atoms with E-state index in [9.17, 15) is 14.7 Å². The molecule has 1 saturated carbocycles. The van der Waals surface area contributed by atoms with Crippen LogP contribution in [0.5, 0.6) is 0 Å². The average molecular weight is 537 g/mol. The molecule has 2 atom stereocenters. The summed E-state index contributed by atoms with van der Waals surface area (Å²) in [6.45, 7) is 1.77. The van der Waals surface area contributed by atoms with Crippen molar-refractivity contribution in [3.63, 3.8) is 0 Å². The highest BCUT2D eigenvalue weighted by Crippen LogP contribution is 2.65. The first-order chi connectivity index (χ1) is 18.7. The van der Waals surface area contributed by atoms with E-state index in [-0.39, 0.29) is 23.2 Å². The summed E-state index contributed by atoms with van der Waals surface area (Å²) < 4.78 is 0. The highest BCUT2D eigenvalue weighted by Gasteiger charge is 2.65. The Kier molecular flexibility index (Phi) is 5.70. The number of carboxylic acid groups (broad SMARTS) is 1. The van der Waals surface area contributed by atoms with Gasteiger partial charge >= 0.3 is 5.97 Å². The Labute approximate surface area is 230 Å². The fourth-order valence-corrected chi connectivity index (χ4v) is 5.95. The van der Waals surface area contributed by atoms with Gasteiger partial charge in [-0.15, -0.1) is 0 Å². The van der Waals surface area contributed by atoms with E-state index in [0.29, 0.717) is 22.7 Å². The Morgan fingerprint density at radius 3 is 2.28 bits per heavy atom. The average Bonchev–Trinajstić information content (AvgIpc) is 3.63. The van der Waals surface area contributed by atoms with Crippen molar-refractivity contribution in [1.82, 2.24) is 0 Å². The molecule has 194 valence electrons. The number of aryl methyl sites for hydroxylation is 1. The van der Waals surface area contributed by atoms with E-state index >= 15 is 0 Å². The molecule has 4 aromatic rings. The predicted molar refractivity (Wildman–Crippen MR) is 153 cm³/mol. The van der Waals surface area contributed by atoms with Gasteiger partial charge in [0.05, 0.1) is 16.0 Å². The summed E-state index contributed by atoms with van der Waals surface area (Å²) in [5, 5.41) is 16.7. The molecule has 2 unspecified atom stereocenters. The number of nitrogens with two attached hydrogens (primary N) is 2. The molecule has 1 fully saturated rings. The van der Waals surface area contributed by atoms with E-state index in [4.69, 9.17) is 23.2 Å². The van der Waals surface area contributed by atoms with Crippen molar-refractivity contribution in [3.8, 4) is 22.3 Å². The first kappa shape index (κ1) is 24.7. The van der Waals surface area contributed by atoms with Crippen LogP contribution < -0.4 is 16.9 Å². The first-order valence-electron chi connectivity index (χ1n) is 12.5. The van der Waals surface area contributed by atoms with E-state index in [1.54, 1.807) is 13.0 Å². The summed E-state index contributed by atoms with van der Waals surface area (Å²) in [6, 6.07) is 24.9. The summed E-state index contributed by atoms with van der Waals surface area (Å²) in [5.74, 6) is 4.39. The lowest BCUT2D eigenvalue weighted by atomic mass is 9.89. The minimum atomic E-state index is -0.970. The third-order valence-electron chi connectivity index (χ3n) is 7.95. The van der Waals surface area contributed by atoms with Gasteiger partial charge in [0.1, 0.15) is 5.84 Å². The van der Waals surface area contributed by atoms with E-state index in [1.807, 2.05) is 72.8 Å². The van der Waals surface area contributed by atoms with E-state index in [0.717, 1.165) is 38.9 Å². The number of amidine groups is 1. The summed E-state index contributed by atoms with van der Waals surface area (Å²) in [4.78, 5) is 24.9. The van der Waals surface area contributed by atoms with Crippen molar-refractivity contribution < 1.29 is 14.7 Å². The Morgan fingerprint density at radius 2 is 1.64 bits per heavy atom. The molecule has 0 saturated heterocycles. The standard InChI is InChI=1S/C31H25ClN4O3/c1-16-2-3-21(12-22(16)29(37)38)25-15-31(25)24-13-23(26(32)14-27(24)35-30(31)39)19-8-4-17(5-9-19)18-6-10-20(11-7-18)28(33)36-34/h2-14,25H,15,34H2,1H3,(H2,33,36)(H,35,39)(H,37,38). The summed E-state index contributed by atoms with van der Waals surface area (Å²) in [5.41, 5.74) is 13.0. The fourth-order valence-electron chi connectivity index (χ4n) is 5.67. The monoisotopic (exact) mass is 536 g/mol. The number of nitrogens with zero attached hydrogens (tertiary/aromatic N) is 1. The van der Waals surface area contributed by atoms with Crippen LogP contribution in [0.3, 0.4) is 0 Å². The summed E-state index contributed by atoms with van der Waals surface area (Å²) in [7, 11) is 0. The number of nitrogens with one attached hydrogen (secondary N) is 1. The SMILES string of the molecule is Cc1ccc(C2CC23C(=O)Nc2cc(Cl)c(-c4ccc(-c5ccc(/C(N)=N/N)cc5)cc4)cc23)cc1C(=O)O. The number of halogens is 1. The molecular formula is C31H25ClN4O3. The molecule has 0 aromatic heterocycles. The quantitative estimate of drug-likeness (QED) is 0.113. The number of hydrogen-bond acceptors (Lipinski definition) is 4. The topological polar surface area (TPSA) is 131 Å². The molecule has 4 aromatic carbocycles. The largest absolute Gasteiger partial charge is 0.478 e. The molecule has 8 heteroatoms. The molecule has 2 aliphatic rings. The molecule has 0 bridgehead atoms. The van der Waals surface area contributed by atoms with Crippen LogP contribution in [0.2, 0.25) is 5.02 Å². The number of fused-ring (bicyclic) bond motifs is 2. The van der Waals surface area contributed by atoms with Crippen molar-refractivity contribution >= 4 is 35.0 Å². The zero-order valence-corrected chi connectivity index (χ0v) is 21.8. The Balaban J connectivity index is 1.33. The van der Waals surface area contributed by atoms with Gasteiger partial charge in [-0.05, 0) is 64.9 Å². The number of amides is 1. The lowest BCUT2D eigenvalue weighted by molar-refractivity contribution is -0.118. The van der Waals surface area contributed by atoms with Crippen molar-refractivity contribution in [3.05, 3.63) is 112 Å². The number of hydrazone groups is 1. The highest BCUT2D eigenvalue weighted by atomic mass is 35.5. The maximum absolute atomic E-state index is 13.2. The zero-order valence-electron chi connectivity index (χ0n) is 21.0. The number of carbonyl (C=O) groups excluding carboxylic acids is 1. The van der Waals surface area contributed by atoms with Crippen LogP contribution in [0.4, 0.5) is 5.69 Å². The molecule has 6 N–H and O–H groups in total. The number of carboxylic acids is 1. The number of rotatable bonds is 5. The Hall–Kier alpha value is -4.62. The van der Waals surface area contributed by atoms with Gasteiger partial charge in [-0.25, -0.2) is 4.79 Å². The Morgan fingerprint density at radius 1 is 1.00 bits per heavy atom. The van der Waals surface area contributed by atoms with Crippen molar-refractivity contribution in [2.45, 2.75) is 24.7 Å². The molecule has 7 nitrogen and oxygen atoms in total. The Bertz CT molecular complexity index is 1700. The lowest BCUT2D eigenvalue weighted by Crippen LogP contribution is -2.21. The number of aromatic carboxylic acids is 1. The van der Waals surface area contributed by atoms with Crippen LogP contribution in [-0.2, 0) is 10.2 Å². The lowest BCUT2D eigenvalue weighted by Gasteiger charge is -2.13. The van der Waals surface area contributed by atoms with Crippen molar-refractivity contribution in [2.24, 2.45) is 16.7 Å². The third kappa shape index (κ3) is 3.94. The molecule has 1 aliphatic heterocycles. The van der Waals surface area contributed by atoms with Crippen LogP contribution in [-0.4, -0.2) is 22.8 Å².